The molecule has 5 nitrogen and oxygen atoms in total. The van der Waals surface area contributed by atoms with Gasteiger partial charge in [-0.2, -0.15) is 0 Å². The van der Waals surface area contributed by atoms with Gasteiger partial charge in [0.25, 0.3) is 0 Å². The smallest absolute Gasteiger partial charge is 0.250 e. The fourth-order valence-electron chi connectivity index (χ4n) is 2.48. The molecule has 0 spiro atoms. The van der Waals surface area contributed by atoms with Gasteiger partial charge in [-0.25, -0.2) is 0 Å². The van der Waals surface area contributed by atoms with E-state index in [4.69, 9.17) is 5.73 Å². The van der Waals surface area contributed by atoms with E-state index >= 15 is 0 Å². The summed E-state index contributed by atoms with van der Waals surface area (Å²) in [5.41, 5.74) is 7.52. The van der Waals surface area contributed by atoms with Gasteiger partial charge in [-0.05, 0) is 6.42 Å². The van der Waals surface area contributed by atoms with Crippen molar-refractivity contribution in [1.29, 1.82) is 0 Å². The summed E-state index contributed by atoms with van der Waals surface area (Å²) in [6, 6.07) is -0.450. The summed E-state index contributed by atoms with van der Waals surface area (Å²) >= 11 is 0. The monoisotopic (exact) mass is 265 g/mol. The average Bonchev–Trinajstić information content (AvgIpc) is 3.16. The molecule has 0 saturated carbocycles. The highest BCUT2D eigenvalue weighted by Gasteiger charge is 2.43. The number of nitrogens with one attached hydrogen (secondary N) is 1. The van der Waals surface area contributed by atoms with E-state index in [9.17, 15) is 9.59 Å². The number of hydrogen-bond donors (Lipinski definition) is 2. The number of rotatable bonds is 7. The van der Waals surface area contributed by atoms with Crippen molar-refractivity contribution in [2.24, 2.45) is 5.73 Å². The topological polar surface area (TPSA) is 75.2 Å². The maximum atomic E-state index is 11.9. The van der Waals surface area contributed by atoms with Crippen molar-refractivity contribution in [2.75, 3.05) is 6.54 Å². The summed E-state index contributed by atoms with van der Waals surface area (Å²) in [5.74, 6) is -0.0449. The fourth-order valence-corrected chi connectivity index (χ4v) is 2.48. The molecule has 0 unspecified atom stereocenters. The third kappa shape index (κ3) is 3.49. The Morgan fingerprint density at radius 3 is 2.84 bits per heavy atom. The van der Waals surface area contributed by atoms with Gasteiger partial charge < -0.3 is 16.0 Å². The van der Waals surface area contributed by atoms with Crippen LogP contribution in [-0.4, -0.2) is 29.3 Å². The zero-order valence-corrected chi connectivity index (χ0v) is 11.6. The predicted molar refractivity (Wildman–Crippen MR) is 72.9 cm³/mol. The number of nitrogens with two attached hydrogens (primary N) is 1. The minimum atomic E-state index is -0.450. The van der Waals surface area contributed by atoms with E-state index < -0.39 is 6.04 Å². The standard InChI is InChI=1S/C14H23N3O2/c1-2-3-4-5-6-7-13(18)16-11-8-10(15)12-9-17(12)14(11)19/h11H,2-9,15H2,1H3,(H,16,18)/t11-,17?/m1/s1. The second-order valence-electron chi connectivity index (χ2n) is 5.38. The lowest BCUT2D eigenvalue weighted by atomic mass is 10.1. The van der Waals surface area contributed by atoms with E-state index in [2.05, 4.69) is 12.2 Å². The van der Waals surface area contributed by atoms with E-state index in [1.807, 2.05) is 0 Å². The van der Waals surface area contributed by atoms with E-state index in [0.29, 0.717) is 19.4 Å². The number of unbranched alkanes of at least 4 members (excludes halogenated alkanes) is 4. The lowest BCUT2D eigenvalue weighted by molar-refractivity contribution is -0.132. The molecule has 0 radical (unpaired) electrons. The molecule has 5 heteroatoms. The number of fused-ring (bicyclic) bond motifs is 1. The molecule has 0 aliphatic carbocycles. The predicted octanol–water partition coefficient (Wildman–Crippen LogP) is 1.25. The third-order valence-electron chi connectivity index (χ3n) is 3.73. The summed E-state index contributed by atoms with van der Waals surface area (Å²) in [5, 5.41) is 2.80. The normalized spacial score (nSPS) is 21.4. The van der Waals surface area contributed by atoms with E-state index in [1.165, 1.54) is 19.3 Å². The van der Waals surface area contributed by atoms with Crippen LogP contribution in [0.15, 0.2) is 11.4 Å². The van der Waals surface area contributed by atoms with Crippen LogP contribution in [0.4, 0.5) is 0 Å². The zero-order valence-electron chi connectivity index (χ0n) is 11.6. The largest absolute Gasteiger partial charge is 0.401 e. The van der Waals surface area contributed by atoms with Crippen molar-refractivity contribution >= 4 is 11.8 Å². The molecule has 2 aliphatic heterocycles. The molecule has 2 heterocycles. The van der Waals surface area contributed by atoms with Gasteiger partial charge in [0.1, 0.15) is 6.04 Å². The molecule has 2 rings (SSSR count). The maximum Gasteiger partial charge on any atom is 0.250 e. The zero-order chi connectivity index (χ0) is 13.8. The molecule has 0 bridgehead atoms. The molecule has 106 valence electrons. The van der Waals surface area contributed by atoms with Crippen LogP contribution in [0.25, 0.3) is 0 Å². The van der Waals surface area contributed by atoms with Crippen LogP contribution in [-0.2, 0) is 9.59 Å². The minimum Gasteiger partial charge on any atom is -0.401 e. The lowest BCUT2D eigenvalue weighted by Crippen LogP contribution is -2.45. The first-order valence-electron chi connectivity index (χ1n) is 7.21. The fraction of sp³-hybridized carbons (Fsp3) is 0.714. The Labute approximate surface area is 114 Å². The highest BCUT2D eigenvalue weighted by atomic mass is 16.2. The molecule has 0 aromatic rings. The molecule has 0 aromatic carbocycles. The number of hydrogen-bond acceptors (Lipinski definition) is 3. The van der Waals surface area contributed by atoms with Gasteiger partial charge in [-0.3, -0.25) is 9.59 Å². The summed E-state index contributed by atoms with van der Waals surface area (Å²) in [6.45, 7) is 2.81. The van der Waals surface area contributed by atoms with Crippen molar-refractivity contribution in [3.63, 3.8) is 0 Å². The molecular weight excluding hydrogens is 242 g/mol. The quantitative estimate of drug-likeness (QED) is 0.537. The van der Waals surface area contributed by atoms with Crippen molar-refractivity contribution in [3.8, 4) is 0 Å². The van der Waals surface area contributed by atoms with E-state index in [1.54, 1.807) is 4.90 Å². The van der Waals surface area contributed by atoms with Crippen LogP contribution >= 0.6 is 0 Å². The molecule has 0 aromatic heterocycles. The van der Waals surface area contributed by atoms with Crippen LogP contribution in [0.3, 0.4) is 0 Å². The molecule has 2 aliphatic rings. The second-order valence-corrected chi connectivity index (χ2v) is 5.38. The maximum absolute atomic E-state index is 11.9. The SMILES string of the molecule is CCCCCCCC(=O)N[C@@H]1CC(N)=C2CN2C1=O. The Morgan fingerprint density at radius 1 is 1.37 bits per heavy atom. The Kier molecular flexibility index (Phi) is 4.45. The molecule has 1 atom stereocenters. The van der Waals surface area contributed by atoms with Gasteiger partial charge in [-0.15, -0.1) is 0 Å². The molecule has 2 amide bonds. The average molecular weight is 265 g/mol. The van der Waals surface area contributed by atoms with E-state index in [-0.39, 0.29) is 11.8 Å². The first-order valence-corrected chi connectivity index (χ1v) is 7.21. The Hall–Kier alpha value is -1.52. The minimum absolute atomic E-state index is 0.0106. The number of carbonyl (C=O) groups is 2. The van der Waals surface area contributed by atoms with Gasteiger partial charge >= 0.3 is 0 Å². The van der Waals surface area contributed by atoms with Crippen molar-refractivity contribution < 1.29 is 9.59 Å². The highest BCUT2D eigenvalue weighted by Crippen LogP contribution is 2.32. The Morgan fingerprint density at radius 2 is 2.11 bits per heavy atom. The lowest BCUT2D eigenvalue weighted by Gasteiger charge is -2.21. The van der Waals surface area contributed by atoms with Crippen LogP contribution in [0.5, 0.6) is 0 Å². The number of carbonyl (C=O) groups excluding carboxylic acids is 2. The van der Waals surface area contributed by atoms with Crippen LogP contribution in [0.2, 0.25) is 0 Å². The summed E-state index contributed by atoms with van der Waals surface area (Å²) in [6.07, 6.45) is 6.55. The van der Waals surface area contributed by atoms with Crippen molar-refractivity contribution in [2.45, 2.75) is 57.9 Å². The van der Waals surface area contributed by atoms with Crippen LogP contribution in [0, 0.1) is 0 Å². The van der Waals surface area contributed by atoms with Gasteiger partial charge in [0.05, 0.1) is 12.2 Å². The van der Waals surface area contributed by atoms with E-state index in [0.717, 1.165) is 24.2 Å². The van der Waals surface area contributed by atoms with Gasteiger partial charge in [0.2, 0.25) is 11.8 Å². The van der Waals surface area contributed by atoms with Gasteiger partial charge in [-0.1, -0.05) is 32.6 Å². The Balaban J connectivity index is 1.68. The molecule has 1 saturated heterocycles. The summed E-state index contributed by atoms with van der Waals surface area (Å²) in [4.78, 5) is 25.3. The summed E-state index contributed by atoms with van der Waals surface area (Å²) in [7, 11) is 0. The molecule has 1 fully saturated rings. The molecule has 19 heavy (non-hydrogen) atoms. The summed E-state index contributed by atoms with van der Waals surface area (Å²) < 4.78 is 0. The van der Waals surface area contributed by atoms with Gasteiger partial charge in [0, 0.05) is 18.5 Å². The first kappa shape index (κ1) is 13.9. The van der Waals surface area contributed by atoms with Crippen molar-refractivity contribution in [1.82, 2.24) is 10.2 Å². The third-order valence-corrected chi connectivity index (χ3v) is 3.73. The molecule has 3 N–H and O–H groups in total. The highest BCUT2D eigenvalue weighted by molar-refractivity contribution is 5.92. The number of nitrogens with zero attached hydrogens (tertiary/aromatic N) is 1. The molecular formula is C14H23N3O2. The van der Waals surface area contributed by atoms with Crippen molar-refractivity contribution in [3.05, 3.63) is 11.4 Å². The Bertz CT molecular complexity index is 403. The second kappa shape index (κ2) is 6.08. The van der Waals surface area contributed by atoms with Gasteiger partial charge in [0.15, 0.2) is 0 Å². The van der Waals surface area contributed by atoms with Crippen LogP contribution < -0.4 is 11.1 Å². The number of amides is 2. The first-order chi connectivity index (χ1) is 9.13. The van der Waals surface area contributed by atoms with Crippen LogP contribution in [0.1, 0.15) is 51.9 Å².